The lowest BCUT2D eigenvalue weighted by Gasteiger charge is -2.03. The van der Waals surface area contributed by atoms with Crippen LogP contribution in [0.4, 0.5) is 4.39 Å². The van der Waals surface area contributed by atoms with Crippen LogP contribution in [0.2, 0.25) is 0 Å². The van der Waals surface area contributed by atoms with Gasteiger partial charge in [0.15, 0.2) is 0 Å². The fraction of sp³-hybridized carbons (Fsp3) is 0.333. The van der Waals surface area contributed by atoms with E-state index in [2.05, 4.69) is 0 Å². The van der Waals surface area contributed by atoms with Gasteiger partial charge in [-0.2, -0.15) is 0 Å². The van der Waals surface area contributed by atoms with Crippen LogP contribution in [0.15, 0.2) is 29.2 Å². The van der Waals surface area contributed by atoms with Gasteiger partial charge < -0.3 is 4.74 Å². The summed E-state index contributed by atoms with van der Waals surface area (Å²) >= 11 is 1.64. The highest BCUT2D eigenvalue weighted by Crippen LogP contribution is 2.20. The predicted molar refractivity (Wildman–Crippen MR) is 49.7 cm³/mol. The first-order valence-electron chi connectivity index (χ1n) is 3.69. The van der Waals surface area contributed by atoms with E-state index in [4.69, 9.17) is 4.74 Å². The Morgan fingerprint density at radius 2 is 2.33 bits per heavy atom. The van der Waals surface area contributed by atoms with Crippen LogP contribution >= 0.6 is 11.8 Å². The second-order valence-electron chi connectivity index (χ2n) is 2.22. The molecule has 0 aliphatic carbocycles. The maximum atomic E-state index is 11.7. The Morgan fingerprint density at radius 3 is 3.00 bits per heavy atom. The number of ether oxygens (including phenoxy) is 1. The third-order valence-corrected chi connectivity index (χ3v) is 2.11. The maximum Gasteiger partial charge on any atom is 0.123 e. The molecule has 0 spiro atoms. The summed E-state index contributed by atoms with van der Waals surface area (Å²) in [5.41, 5.74) is 0. The van der Waals surface area contributed by atoms with Crippen molar-refractivity contribution < 1.29 is 9.13 Å². The fourth-order valence-corrected chi connectivity index (χ4v) is 1.30. The lowest BCUT2D eigenvalue weighted by molar-refractivity contribution is 0.273. The number of hydrogen-bond acceptors (Lipinski definition) is 2. The third-order valence-electron chi connectivity index (χ3n) is 1.39. The molecule has 0 aliphatic heterocycles. The van der Waals surface area contributed by atoms with Crippen LogP contribution in [0.5, 0.6) is 5.75 Å². The molecule has 1 aromatic rings. The molecule has 0 atom stereocenters. The Balaban J connectivity index is 2.60. The summed E-state index contributed by atoms with van der Waals surface area (Å²) in [5.74, 6) is 0.736. The van der Waals surface area contributed by atoms with E-state index >= 15 is 0 Å². The van der Waals surface area contributed by atoms with Crippen molar-refractivity contribution in [2.45, 2.75) is 4.90 Å². The summed E-state index contributed by atoms with van der Waals surface area (Å²) in [5, 5.41) is 0. The normalized spacial score (nSPS) is 9.83. The molecule has 12 heavy (non-hydrogen) atoms. The van der Waals surface area contributed by atoms with E-state index in [1.54, 1.807) is 11.8 Å². The van der Waals surface area contributed by atoms with Crippen molar-refractivity contribution >= 4 is 11.8 Å². The van der Waals surface area contributed by atoms with Crippen molar-refractivity contribution in [3.05, 3.63) is 24.3 Å². The quantitative estimate of drug-likeness (QED) is 0.669. The van der Waals surface area contributed by atoms with E-state index in [1.807, 2.05) is 30.5 Å². The van der Waals surface area contributed by atoms with Crippen LogP contribution < -0.4 is 4.74 Å². The molecule has 1 aromatic carbocycles. The first-order valence-corrected chi connectivity index (χ1v) is 4.92. The van der Waals surface area contributed by atoms with Gasteiger partial charge in [0.25, 0.3) is 0 Å². The Hall–Kier alpha value is -0.700. The molecule has 0 saturated carbocycles. The molecule has 1 rings (SSSR count). The molecule has 0 aromatic heterocycles. The van der Waals surface area contributed by atoms with Crippen LogP contribution in [0.3, 0.4) is 0 Å². The predicted octanol–water partition coefficient (Wildman–Crippen LogP) is 2.76. The minimum atomic E-state index is -0.441. The molecule has 0 bridgehead atoms. The van der Waals surface area contributed by atoms with Crippen molar-refractivity contribution in [3.8, 4) is 5.75 Å². The average molecular weight is 186 g/mol. The Morgan fingerprint density at radius 1 is 1.50 bits per heavy atom. The summed E-state index contributed by atoms with van der Waals surface area (Å²) in [4.78, 5) is 1.13. The van der Waals surface area contributed by atoms with Gasteiger partial charge in [0.1, 0.15) is 19.0 Å². The molecule has 66 valence electrons. The Bertz CT molecular complexity index is 240. The number of hydrogen-bond donors (Lipinski definition) is 0. The highest BCUT2D eigenvalue weighted by molar-refractivity contribution is 7.98. The van der Waals surface area contributed by atoms with Gasteiger partial charge in [-0.05, 0) is 24.5 Å². The highest BCUT2D eigenvalue weighted by Gasteiger charge is 1.94. The summed E-state index contributed by atoms with van der Waals surface area (Å²) in [6.45, 7) is -0.304. The van der Waals surface area contributed by atoms with Gasteiger partial charge in [-0.15, -0.1) is 11.8 Å². The maximum absolute atomic E-state index is 11.7. The van der Waals surface area contributed by atoms with Crippen LogP contribution in [0, 0.1) is 0 Å². The zero-order chi connectivity index (χ0) is 8.81. The van der Waals surface area contributed by atoms with Gasteiger partial charge in [-0.1, -0.05) is 6.07 Å². The smallest absolute Gasteiger partial charge is 0.123 e. The monoisotopic (exact) mass is 186 g/mol. The summed E-state index contributed by atoms with van der Waals surface area (Å²) in [6.07, 6.45) is 1.99. The zero-order valence-corrected chi connectivity index (χ0v) is 7.73. The average Bonchev–Trinajstić information content (AvgIpc) is 2.15. The Labute approximate surface area is 75.9 Å². The van der Waals surface area contributed by atoms with Crippen molar-refractivity contribution in [1.82, 2.24) is 0 Å². The molecule has 0 heterocycles. The van der Waals surface area contributed by atoms with Gasteiger partial charge in [0.05, 0.1) is 0 Å². The van der Waals surface area contributed by atoms with E-state index in [0.717, 1.165) is 10.6 Å². The van der Waals surface area contributed by atoms with E-state index in [1.165, 1.54) is 0 Å². The number of rotatable bonds is 4. The second-order valence-corrected chi connectivity index (χ2v) is 3.10. The Kier molecular flexibility index (Phi) is 3.94. The number of alkyl halides is 1. The summed E-state index contributed by atoms with van der Waals surface area (Å²) in [7, 11) is 0. The van der Waals surface area contributed by atoms with Crippen molar-refractivity contribution in [2.75, 3.05) is 19.5 Å². The molecule has 0 saturated heterocycles. The number of thioether (sulfide) groups is 1. The number of benzene rings is 1. The molecule has 0 unspecified atom stereocenters. The zero-order valence-electron chi connectivity index (χ0n) is 6.92. The van der Waals surface area contributed by atoms with Crippen LogP contribution in [0.1, 0.15) is 0 Å². The third kappa shape index (κ3) is 2.74. The minimum Gasteiger partial charge on any atom is -0.491 e. The largest absolute Gasteiger partial charge is 0.491 e. The standard InChI is InChI=1S/C9H11FOS/c1-12-9-4-2-3-8(7-9)11-6-5-10/h2-4,7H,5-6H2,1H3. The van der Waals surface area contributed by atoms with Gasteiger partial charge in [0, 0.05) is 4.90 Å². The van der Waals surface area contributed by atoms with Crippen molar-refractivity contribution in [1.29, 1.82) is 0 Å². The highest BCUT2D eigenvalue weighted by atomic mass is 32.2. The molecule has 0 amide bonds. The SMILES string of the molecule is CSc1cccc(OCCF)c1. The van der Waals surface area contributed by atoms with E-state index in [9.17, 15) is 4.39 Å². The molecular formula is C9H11FOS. The van der Waals surface area contributed by atoms with Gasteiger partial charge >= 0.3 is 0 Å². The number of halogens is 1. The van der Waals surface area contributed by atoms with Crippen LogP contribution in [-0.2, 0) is 0 Å². The van der Waals surface area contributed by atoms with Crippen molar-refractivity contribution in [3.63, 3.8) is 0 Å². The van der Waals surface area contributed by atoms with Gasteiger partial charge in [0.2, 0.25) is 0 Å². The van der Waals surface area contributed by atoms with Crippen LogP contribution in [-0.4, -0.2) is 19.5 Å². The second kappa shape index (κ2) is 5.04. The lowest BCUT2D eigenvalue weighted by Crippen LogP contribution is -1.98. The lowest BCUT2D eigenvalue weighted by atomic mass is 10.3. The molecule has 0 radical (unpaired) electrons. The van der Waals surface area contributed by atoms with Crippen molar-refractivity contribution in [2.24, 2.45) is 0 Å². The fourth-order valence-electron chi connectivity index (χ4n) is 0.847. The summed E-state index contributed by atoms with van der Waals surface area (Å²) in [6, 6.07) is 7.63. The summed E-state index contributed by atoms with van der Waals surface area (Å²) < 4.78 is 16.8. The van der Waals surface area contributed by atoms with E-state index in [0.29, 0.717) is 0 Å². The molecule has 0 aliphatic rings. The molecular weight excluding hydrogens is 175 g/mol. The first kappa shape index (κ1) is 9.39. The first-order chi connectivity index (χ1) is 5.86. The molecule has 1 nitrogen and oxygen atoms in total. The molecule has 0 N–H and O–H groups in total. The molecule has 3 heteroatoms. The van der Waals surface area contributed by atoms with Crippen LogP contribution in [0.25, 0.3) is 0 Å². The van der Waals surface area contributed by atoms with E-state index in [-0.39, 0.29) is 6.61 Å². The molecule has 0 fully saturated rings. The van der Waals surface area contributed by atoms with E-state index < -0.39 is 6.67 Å². The minimum absolute atomic E-state index is 0.137. The van der Waals surface area contributed by atoms with Gasteiger partial charge in [-0.3, -0.25) is 0 Å². The van der Waals surface area contributed by atoms with Gasteiger partial charge in [-0.25, -0.2) is 4.39 Å². The topological polar surface area (TPSA) is 9.23 Å².